The van der Waals surface area contributed by atoms with Crippen LogP contribution in [-0.4, -0.2) is 48.1 Å². The Morgan fingerprint density at radius 1 is 1.19 bits per heavy atom. The number of nitrogens with zero attached hydrogens (tertiary/aromatic N) is 4. The van der Waals surface area contributed by atoms with Gasteiger partial charge in [0, 0.05) is 26.2 Å². The molecule has 1 fully saturated rings. The van der Waals surface area contributed by atoms with Crippen molar-refractivity contribution in [3.05, 3.63) is 5.82 Å². The lowest BCUT2D eigenvalue weighted by atomic mass is 10.3. The summed E-state index contributed by atoms with van der Waals surface area (Å²) in [4.78, 5) is 13.0. The number of piperazine rings is 1. The summed E-state index contributed by atoms with van der Waals surface area (Å²) in [6, 6.07) is 0. The molecule has 0 saturated carbocycles. The van der Waals surface area contributed by atoms with E-state index in [9.17, 15) is 0 Å². The zero-order valence-electron chi connectivity index (χ0n) is 9.64. The van der Waals surface area contributed by atoms with Gasteiger partial charge in [0.05, 0.1) is 0 Å². The smallest absolute Gasteiger partial charge is 0.156 e. The van der Waals surface area contributed by atoms with Gasteiger partial charge < -0.3 is 15.5 Å². The molecule has 2 N–H and O–H groups in total. The number of aryl methyl sites for hydroxylation is 1. The van der Waals surface area contributed by atoms with Crippen LogP contribution >= 0.6 is 12.6 Å². The lowest BCUT2D eigenvalue weighted by molar-refractivity contribution is 0.312. The number of hydrogen-bond donors (Lipinski definition) is 2. The van der Waals surface area contributed by atoms with Crippen LogP contribution in [0.5, 0.6) is 0 Å². The third-order valence-electron chi connectivity index (χ3n) is 2.82. The molecule has 0 amide bonds. The molecule has 1 aromatic heterocycles. The topological polar surface area (TPSA) is 58.3 Å². The van der Waals surface area contributed by atoms with Gasteiger partial charge in [-0.3, -0.25) is 0 Å². The molecule has 0 bridgehead atoms. The maximum atomic E-state index is 5.96. The molecular weight excluding hydrogens is 222 g/mol. The molecule has 0 atom stereocenters. The van der Waals surface area contributed by atoms with E-state index in [1.165, 1.54) is 0 Å². The maximum absolute atomic E-state index is 5.96. The lowest BCUT2D eigenvalue weighted by Gasteiger charge is -2.33. The number of nitrogen functional groups attached to an aromatic ring is 1. The molecule has 88 valence electrons. The Morgan fingerprint density at radius 3 is 2.44 bits per heavy atom. The number of likely N-dealkylation sites (N-methyl/N-ethyl adjacent to an activating group) is 1. The fourth-order valence-corrected chi connectivity index (χ4v) is 2.06. The zero-order valence-corrected chi connectivity index (χ0v) is 10.5. The van der Waals surface area contributed by atoms with E-state index in [0.29, 0.717) is 16.5 Å². The van der Waals surface area contributed by atoms with Gasteiger partial charge in [0.2, 0.25) is 0 Å². The molecular formula is C10H17N5S. The van der Waals surface area contributed by atoms with Crippen molar-refractivity contribution in [2.75, 3.05) is 43.9 Å². The van der Waals surface area contributed by atoms with Gasteiger partial charge in [-0.2, -0.15) is 0 Å². The third-order valence-corrected chi connectivity index (χ3v) is 3.16. The minimum atomic E-state index is 0.571. The van der Waals surface area contributed by atoms with Crippen LogP contribution in [0.2, 0.25) is 0 Å². The second-order valence-electron chi connectivity index (χ2n) is 4.12. The van der Waals surface area contributed by atoms with Crippen LogP contribution < -0.4 is 10.6 Å². The van der Waals surface area contributed by atoms with E-state index in [-0.39, 0.29) is 0 Å². The molecule has 2 rings (SSSR count). The van der Waals surface area contributed by atoms with E-state index in [2.05, 4.69) is 39.4 Å². The Kier molecular flexibility index (Phi) is 3.20. The molecule has 5 nitrogen and oxygen atoms in total. The molecule has 1 aliphatic rings. The number of anilines is 2. The van der Waals surface area contributed by atoms with Crippen molar-refractivity contribution in [2.45, 2.75) is 11.9 Å². The first kappa shape index (κ1) is 11.5. The molecule has 16 heavy (non-hydrogen) atoms. The molecule has 0 aliphatic carbocycles. The number of thiol groups is 1. The summed E-state index contributed by atoms with van der Waals surface area (Å²) in [5.74, 6) is 1.54. The molecule has 0 spiro atoms. The minimum absolute atomic E-state index is 0.571. The Hall–Kier alpha value is -1.01. The summed E-state index contributed by atoms with van der Waals surface area (Å²) >= 11 is 4.26. The highest BCUT2D eigenvalue weighted by atomic mass is 32.1. The van der Waals surface area contributed by atoms with Gasteiger partial charge in [-0.05, 0) is 14.0 Å². The molecule has 0 aromatic carbocycles. The Morgan fingerprint density at radius 2 is 1.81 bits per heavy atom. The van der Waals surface area contributed by atoms with Crippen molar-refractivity contribution in [1.29, 1.82) is 0 Å². The van der Waals surface area contributed by atoms with Crippen LogP contribution in [0.25, 0.3) is 0 Å². The van der Waals surface area contributed by atoms with Crippen molar-refractivity contribution in [3.63, 3.8) is 0 Å². The zero-order chi connectivity index (χ0) is 11.7. The predicted octanol–water partition coefficient (Wildman–Crippen LogP) is 0.408. The van der Waals surface area contributed by atoms with Crippen molar-refractivity contribution in [2.24, 2.45) is 0 Å². The van der Waals surface area contributed by atoms with Gasteiger partial charge in [0.1, 0.15) is 16.5 Å². The average molecular weight is 239 g/mol. The first-order chi connectivity index (χ1) is 7.58. The van der Waals surface area contributed by atoms with E-state index in [1.807, 2.05) is 6.92 Å². The van der Waals surface area contributed by atoms with Gasteiger partial charge in [-0.15, -0.1) is 12.6 Å². The van der Waals surface area contributed by atoms with E-state index in [0.717, 1.165) is 32.0 Å². The SMILES string of the molecule is Cc1nc(S)c(N)c(N2CCN(C)CC2)n1. The second kappa shape index (κ2) is 4.47. The number of aromatic nitrogens is 2. The third kappa shape index (κ3) is 2.22. The van der Waals surface area contributed by atoms with Gasteiger partial charge in [0.15, 0.2) is 5.82 Å². The molecule has 6 heteroatoms. The minimum Gasteiger partial charge on any atom is -0.394 e. The van der Waals surface area contributed by atoms with Crippen LogP contribution in [0.3, 0.4) is 0 Å². The highest BCUT2D eigenvalue weighted by molar-refractivity contribution is 7.80. The van der Waals surface area contributed by atoms with Gasteiger partial charge in [0.25, 0.3) is 0 Å². The molecule has 2 heterocycles. The fourth-order valence-electron chi connectivity index (χ4n) is 1.81. The summed E-state index contributed by atoms with van der Waals surface area (Å²) in [5, 5.41) is 0.571. The average Bonchev–Trinajstić information content (AvgIpc) is 2.25. The predicted molar refractivity (Wildman–Crippen MR) is 68.1 cm³/mol. The summed E-state index contributed by atoms with van der Waals surface area (Å²) in [6.45, 7) is 5.82. The molecule has 1 aromatic rings. The number of rotatable bonds is 1. The highest BCUT2D eigenvalue weighted by Gasteiger charge is 2.19. The van der Waals surface area contributed by atoms with Crippen molar-refractivity contribution in [1.82, 2.24) is 14.9 Å². The van der Waals surface area contributed by atoms with Crippen LogP contribution in [-0.2, 0) is 0 Å². The van der Waals surface area contributed by atoms with Crippen molar-refractivity contribution >= 4 is 24.1 Å². The molecule has 1 saturated heterocycles. The Labute approximate surface area is 101 Å². The maximum Gasteiger partial charge on any atom is 0.156 e. The fraction of sp³-hybridized carbons (Fsp3) is 0.600. The normalized spacial score (nSPS) is 17.8. The van der Waals surface area contributed by atoms with E-state index in [4.69, 9.17) is 5.73 Å². The summed E-state index contributed by atoms with van der Waals surface area (Å²) in [5.41, 5.74) is 6.54. The largest absolute Gasteiger partial charge is 0.394 e. The lowest BCUT2D eigenvalue weighted by Crippen LogP contribution is -2.45. The van der Waals surface area contributed by atoms with E-state index in [1.54, 1.807) is 0 Å². The summed E-state index contributed by atoms with van der Waals surface area (Å²) < 4.78 is 0. The number of hydrogen-bond acceptors (Lipinski definition) is 6. The van der Waals surface area contributed by atoms with E-state index >= 15 is 0 Å². The summed E-state index contributed by atoms with van der Waals surface area (Å²) in [6.07, 6.45) is 0. The number of nitrogens with two attached hydrogens (primary N) is 1. The Bertz CT molecular complexity index is 387. The second-order valence-corrected chi connectivity index (χ2v) is 4.55. The first-order valence-corrected chi connectivity index (χ1v) is 5.79. The van der Waals surface area contributed by atoms with Crippen LogP contribution in [0.15, 0.2) is 5.03 Å². The van der Waals surface area contributed by atoms with Gasteiger partial charge in [-0.1, -0.05) is 0 Å². The monoisotopic (exact) mass is 239 g/mol. The van der Waals surface area contributed by atoms with E-state index < -0.39 is 0 Å². The molecule has 0 unspecified atom stereocenters. The Balaban J connectivity index is 2.26. The summed E-state index contributed by atoms with van der Waals surface area (Å²) in [7, 11) is 2.12. The molecule has 1 aliphatic heterocycles. The first-order valence-electron chi connectivity index (χ1n) is 5.34. The van der Waals surface area contributed by atoms with Crippen LogP contribution in [0, 0.1) is 6.92 Å². The van der Waals surface area contributed by atoms with Crippen molar-refractivity contribution < 1.29 is 0 Å². The quantitative estimate of drug-likeness (QED) is 0.549. The van der Waals surface area contributed by atoms with Gasteiger partial charge >= 0.3 is 0 Å². The van der Waals surface area contributed by atoms with Crippen LogP contribution in [0.1, 0.15) is 5.82 Å². The highest BCUT2D eigenvalue weighted by Crippen LogP contribution is 2.26. The molecule has 0 radical (unpaired) electrons. The standard InChI is InChI=1S/C10H17N5S/c1-7-12-9(8(11)10(16)13-7)15-5-3-14(2)4-6-15/h3-6,11H2,1-2H3,(H,12,13,16). The van der Waals surface area contributed by atoms with Gasteiger partial charge in [-0.25, -0.2) is 9.97 Å². The van der Waals surface area contributed by atoms with Crippen LogP contribution in [0.4, 0.5) is 11.5 Å². The van der Waals surface area contributed by atoms with Crippen molar-refractivity contribution in [3.8, 4) is 0 Å².